The van der Waals surface area contributed by atoms with Gasteiger partial charge in [-0.25, -0.2) is 9.78 Å². The van der Waals surface area contributed by atoms with Crippen LogP contribution in [0.3, 0.4) is 0 Å². The van der Waals surface area contributed by atoms with E-state index >= 15 is 0 Å². The average molecular weight is 547 g/mol. The summed E-state index contributed by atoms with van der Waals surface area (Å²) in [4.78, 5) is 56.5. The van der Waals surface area contributed by atoms with Crippen molar-refractivity contribution in [1.82, 2.24) is 20.1 Å². The van der Waals surface area contributed by atoms with Crippen LogP contribution in [-0.2, 0) is 9.59 Å². The zero-order chi connectivity index (χ0) is 28.6. The summed E-state index contributed by atoms with van der Waals surface area (Å²) >= 11 is 0. The molecule has 0 radical (unpaired) electrons. The van der Waals surface area contributed by atoms with Crippen molar-refractivity contribution in [2.45, 2.75) is 18.9 Å². The van der Waals surface area contributed by atoms with E-state index < -0.39 is 29.9 Å². The second-order valence-electron chi connectivity index (χ2n) is 9.27. The molecule has 1 aliphatic heterocycles. The molecule has 4 rings (SSSR count). The first-order chi connectivity index (χ1) is 19.2. The summed E-state index contributed by atoms with van der Waals surface area (Å²) in [6.45, 7) is 0.557. The van der Waals surface area contributed by atoms with Crippen LogP contribution in [0.4, 0.5) is 4.79 Å². The number of carbonyl (C=O) groups excluding carboxylic acids is 2. The maximum absolute atomic E-state index is 13.5. The number of benzene rings is 2. The maximum Gasteiger partial charge on any atom is 0.407 e. The highest BCUT2D eigenvalue weighted by atomic mass is 16.5. The highest BCUT2D eigenvalue weighted by Gasteiger charge is 2.31. The molecule has 3 aromatic rings. The second kappa shape index (κ2) is 12.7. The number of ether oxygens (including phenoxy) is 1. The molecule has 0 bridgehead atoms. The molecule has 2 aromatic carbocycles. The van der Waals surface area contributed by atoms with Gasteiger partial charge in [0.2, 0.25) is 5.91 Å². The van der Waals surface area contributed by atoms with Gasteiger partial charge in [0, 0.05) is 38.2 Å². The molecule has 0 aliphatic carbocycles. The molecule has 208 valence electrons. The van der Waals surface area contributed by atoms with Gasteiger partial charge in [-0.2, -0.15) is 0 Å². The van der Waals surface area contributed by atoms with Crippen LogP contribution in [-0.4, -0.2) is 88.2 Å². The topological polar surface area (TPSA) is 149 Å². The average Bonchev–Trinajstić information content (AvgIpc) is 2.99. The number of nitrogens with zero attached hydrogens (tertiary/aromatic N) is 3. The summed E-state index contributed by atoms with van der Waals surface area (Å²) < 4.78 is 5.25. The number of piperazine rings is 1. The molecule has 11 nitrogen and oxygen atoms in total. The molecule has 1 aromatic heterocycles. The van der Waals surface area contributed by atoms with E-state index in [2.05, 4.69) is 10.3 Å². The Morgan fingerprint density at radius 2 is 1.52 bits per heavy atom. The number of aromatic nitrogens is 1. The first-order valence-electron chi connectivity index (χ1n) is 12.8. The Balaban J connectivity index is 1.62. The predicted molar refractivity (Wildman–Crippen MR) is 146 cm³/mol. The molecule has 3 N–H and O–H groups in total. The van der Waals surface area contributed by atoms with E-state index in [4.69, 9.17) is 4.74 Å². The van der Waals surface area contributed by atoms with Crippen LogP contribution in [0.2, 0.25) is 0 Å². The minimum atomic E-state index is -1.12. The normalized spacial score (nSPS) is 13.8. The van der Waals surface area contributed by atoms with E-state index in [1.807, 2.05) is 60.7 Å². The predicted octanol–water partition coefficient (Wildman–Crippen LogP) is 3.21. The SMILES string of the molecule is COc1ccc(-c2cc(C(=O)N[C@@H](CCC(=O)O)C(=O)N3CCN(C(=O)O)CC3)nc(-c3ccccc3)c2)cc1. The molecule has 1 aliphatic rings. The standard InChI is InChI=1S/C29H30N4O7/c1-40-22-9-7-19(8-10-22)21-17-24(20-5-3-2-4-6-20)30-25(18-21)27(36)31-23(11-12-26(34)35)28(37)32-13-15-33(16-14-32)29(38)39/h2-10,17-18,23H,11-16H2,1H3,(H,31,36)(H,34,35)(H,38,39)/t23-/m0/s1. The largest absolute Gasteiger partial charge is 0.497 e. The summed E-state index contributed by atoms with van der Waals surface area (Å²) in [5.74, 6) is -1.51. The monoisotopic (exact) mass is 546 g/mol. The Morgan fingerprint density at radius 1 is 0.875 bits per heavy atom. The summed E-state index contributed by atoms with van der Waals surface area (Å²) in [5, 5.41) is 21.1. The van der Waals surface area contributed by atoms with Crippen molar-refractivity contribution in [2.24, 2.45) is 0 Å². The van der Waals surface area contributed by atoms with Crippen LogP contribution < -0.4 is 10.1 Å². The lowest BCUT2D eigenvalue weighted by atomic mass is 10.0. The molecular formula is C29H30N4O7. The van der Waals surface area contributed by atoms with Gasteiger partial charge in [-0.3, -0.25) is 14.4 Å². The quantitative estimate of drug-likeness (QED) is 0.370. The minimum absolute atomic E-state index is 0.0657. The highest BCUT2D eigenvalue weighted by molar-refractivity contribution is 5.98. The van der Waals surface area contributed by atoms with Gasteiger partial charge in [-0.15, -0.1) is 0 Å². The Labute approximate surface area is 231 Å². The molecular weight excluding hydrogens is 516 g/mol. The number of hydrogen-bond donors (Lipinski definition) is 3. The molecule has 0 unspecified atom stereocenters. The molecule has 40 heavy (non-hydrogen) atoms. The molecule has 0 spiro atoms. The number of carboxylic acids is 1. The van der Waals surface area contributed by atoms with Gasteiger partial charge >= 0.3 is 12.1 Å². The Kier molecular flexibility index (Phi) is 8.95. The lowest BCUT2D eigenvalue weighted by Crippen LogP contribution is -2.55. The summed E-state index contributed by atoms with van der Waals surface area (Å²) in [6.07, 6.45) is -1.52. The number of methoxy groups -OCH3 is 1. The number of carboxylic acid groups (broad SMARTS) is 2. The minimum Gasteiger partial charge on any atom is -0.497 e. The first-order valence-corrected chi connectivity index (χ1v) is 12.8. The van der Waals surface area contributed by atoms with Crippen molar-refractivity contribution in [3.63, 3.8) is 0 Å². The Morgan fingerprint density at radius 3 is 2.12 bits per heavy atom. The fourth-order valence-electron chi connectivity index (χ4n) is 4.45. The fraction of sp³-hybridized carbons (Fsp3) is 0.276. The van der Waals surface area contributed by atoms with E-state index in [9.17, 15) is 29.4 Å². The van der Waals surface area contributed by atoms with Crippen molar-refractivity contribution < 1.29 is 34.1 Å². The summed E-state index contributed by atoms with van der Waals surface area (Å²) in [5.41, 5.74) is 2.96. The van der Waals surface area contributed by atoms with Crippen molar-refractivity contribution in [1.29, 1.82) is 0 Å². The van der Waals surface area contributed by atoms with Crippen LogP contribution in [0, 0.1) is 0 Å². The van der Waals surface area contributed by atoms with E-state index in [0.29, 0.717) is 11.4 Å². The molecule has 1 atom stereocenters. The van der Waals surface area contributed by atoms with E-state index in [1.165, 1.54) is 9.80 Å². The number of nitrogens with one attached hydrogen (secondary N) is 1. The van der Waals surface area contributed by atoms with E-state index in [1.54, 1.807) is 13.2 Å². The maximum atomic E-state index is 13.5. The van der Waals surface area contributed by atoms with Gasteiger partial charge < -0.3 is 30.1 Å². The van der Waals surface area contributed by atoms with E-state index in [0.717, 1.165) is 16.7 Å². The van der Waals surface area contributed by atoms with Crippen LogP contribution in [0.15, 0.2) is 66.7 Å². The molecule has 11 heteroatoms. The van der Waals surface area contributed by atoms with Gasteiger partial charge in [0.1, 0.15) is 17.5 Å². The number of hydrogen-bond acceptors (Lipinski definition) is 6. The smallest absolute Gasteiger partial charge is 0.407 e. The lowest BCUT2D eigenvalue weighted by molar-refractivity contribution is -0.138. The molecule has 2 heterocycles. The Bertz CT molecular complexity index is 1370. The van der Waals surface area contributed by atoms with E-state index in [-0.39, 0.29) is 44.7 Å². The zero-order valence-electron chi connectivity index (χ0n) is 21.9. The summed E-state index contributed by atoms with van der Waals surface area (Å²) in [6, 6.07) is 19.0. The second-order valence-corrected chi connectivity index (χ2v) is 9.27. The van der Waals surface area contributed by atoms with Gasteiger partial charge in [-0.05, 0) is 41.8 Å². The van der Waals surface area contributed by atoms with Crippen LogP contribution in [0.1, 0.15) is 23.3 Å². The number of amides is 3. The number of carbonyl (C=O) groups is 4. The molecule has 1 fully saturated rings. The van der Waals surface area contributed by atoms with Gasteiger partial charge in [-0.1, -0.05) is 42.5 Å². The lowest BCUT2D eigenvalue weighted by Gasteiger charge is -2.35. The third-order valence-corrected chi connectivity index (χ3v) is 6.66. The van der Waals surface area contributed by atoms with Gasteiger partial charge in [0.05, 0.1) is 12.8 Å². The first kappa shape index (κ1) is 28.1. The number of rotatable bonds is 9. The van der Waals surface area contributed by atoms with Gasteiger partial charge in [0.25, 0.3) is 5.91 Å². The van der Waals surface area contributed by atoms with Crippen molar-refractivity contribution in [3.8, 4) is 28.1 Å². The summed E-state index contributed by atoms with van der Waals surface area (Å²) in [7, 11) is 1.57. The van der Waals surface area contributed by atoms with Crippen LogP contribution >= 0.6 is 0 Å². The number of pyridine rings is 1. The molecule has 0 saturated carbocycles. The highest BCUT2D eigenvalue weighted by Crippen LogP contribution is 2.27. The molecule has 3 amide bonds. The van der Waals surface area contributed by atoms with Crippen molar-refractivity contribution in [3.05, 3.63) is 72.4 Å². The zero-order valence-corrected chi connectivity index (χ0v) is 21.9. The van der Waals surface area contributed by atoms with Crippen LogP contribution in [0.5, 0.6) is 5.75 Å². The third-order valence-electron chi connectivity index (χ3n) is 6.66. The third kappa shape index (κ3) is 6.93. The van der Waals surface area contributed by atoms with Crippen molar-refractivity contribution >= 4 is 23.9 Å². The molecule has 1 saturated heterocycles. The van der Waals surface area contributed by atoms with Gasteiger partial charge in [0.15, 0.2) is 0 Å². The Hall–Kier alpha value is -4.93. The fourth-order valence-corrected chi connectivity index (χ4v) is 4.45. The van der Waals surface area contributed by atoms with Crippen molar-refractivity contribution in [2.75, 3.05) is 33.3 Å². The number of aliphatic carboxylic acids is 1. The van der Waals surface area contributed by atoms with Crippen LogP contribution in [0.25, 0.3) is 22.4 Å².